The van der Waals surface area contributed by atoms with Crippen molar-refractivity contribution in [2.24, 2.45) is 0 Å². The SMILES string of the molecule is COC(Cc1ccc(OC2CCC(Oc3ccc(Oc4ccccc4)cc3)C2)cc1)C(=O)O. The van der Waals surface area contributed by atoms with Gasteiger partial charge in [0.05, 0.1) is 0 Å². The zero-order chi connectivity index (χ0) is 23.0. The van der Waals surface area contributed by atoms with Crippen LogP contribution in [0.2, 0.25) is 0 Å². The van der Waals surface area contributed by atoms with Crippen LogP contribution in [-0.2, 0) is 16.0 Å². The van der Waals surface area contributed by atoms with Crippen LogP contribution in [-0.4, -0.2) is 36.5 Å². The molecule has 0 heterocycles. The molecule has 4 rings (SSSR count). The van der Waals surface area contributed by atoms with E-state index >= 15 is 0 Å². The zero-order valence-electron chi connectivity index (χ0n) is 18.6. The lowest BCUT2D eigenvalue weighted by molar-refractivity contribution is -0.148. The van der Waals surface area contributed by atoms with Crippen LogP contribution in [0.3, 0.4) is 0 Å². The number of benzene rings is 3. The Labute approximate surface area is 193 Å². The van der Waals surface area contributed by atoms with Gasteiger partial charge in [-0.15, -0.1) is 0 Å². The van der Waals surface area contributed by atoms with E-state index in [1.807, 2.05) is 78.9 Å². The van der Waals surface area contributed by atoms with Gasteiger partial charge >= 0.3 is 5.97 Å². The monoisotopic (exact) mass is 448 g/mol. The third kappa shape index (κ3) is 6.49. The van der Waals surface area contributed by atoms with Gasteiger partial charge in [0.2, 0.25) is 0 Å². The Morgan fingerprint density at radius 3 is 1.88 bits per heavy atom. The molecule has 0 spiro atoms. The van der Waals surface area contributed by atoms with Crippen LogP contribution in [0.25, 0.3) is 0 Å². The van der Waals surface area contributed by atoms with Gasteiger partial charge in [-0.25, -0.2) is 4.79 Å². The zero-order valence-corrected chi connectivity index (χ0v) is 18.6. The summed E-state index contributed by atoms with van der Waals surface area (Å²) in [6.07, 6.45) is 2.34. The number of hydrogen-bond acceptors (Lipinski definition) is 5. The lowest BCUT2D eigenvalue weighted by atomic mass is 10.1. The molecule has 1 fully saturated rings. The maximum atomic E-state index is 11.1. The molecule has 1 aliphatic rings. The van der Waals surface area contributed by atoms with Crippen molar-refractivity contribution in [3.05, 3.63) is 84.4 Å². The molecule has 3 atom stereocenters. The molecule has 1 saturated carbocycles. The minimum Gasteiger partial charge on any atom is -0.490 e. The highest BCUT2D eigenvalue weighted by Crippen LogP contribution is 2.30. The summed E-state index contributed by atoms with van der Waals surface area (Å²) >= 11 is 0. The van der Waals surface area contributed by atoms with Crippen LogP contribution < -0.4 is 14.2 Å². The predicted molar refractivity (Wildman–Crippen MR) is 124 cm³/mol. The second-order valence-electron chi connectivity index (χ2n) is 8.09. The molecule has 0 radical (unpaired) electrons. The molecule has 6 heteroatoms. The standard InChI is InChI=1S/C27H28O6/c1-30-26(27(28)29)17-19-7-9-21(10-8-19)32-24-15-16-25(18-24)33-23-13-11-22(12-14-23)31-20-5-3-2-4-6-20/h2-14,24-26H,15-18H2,1H3,(H,28,29). The molecule has 3 aromatic rings. The molecular formula is C27H28O6. The van der Waals surface area contributed by atoms with Crippen molar-refractivity contribution in [2.45, 2.75) is 44.0 Å². The van der Waals surface area contributed by atoms with E-state index in [2.05, 4.69) is 0 Å². The second-order valence-corrected chi connectivity index (χ2v) is 8.09. The average molecular weight is 449 g/mol. The topological polar surface area (TPSA) is 74.2 Å². The molecule has 0 bridgehead atoms. The van der Waals surface area contributed by atoms with Crippen molar-refractivity contribution in [1.82, 2.24) is 0 Å². The van der Waals surface area contributed by atoms with Gasteiger partial charge in [-0.3, -0.25) is 0 Å². The van der Waals surface area contributed by atoms with Crippen molar-refractivity contribution >= 4 is 5.97 Å². The van der Waals surface area contributed by atoms with E-state index in [9.17, 15) is 4.79 Å². The number of aliphatic carboxylic acids is 1. The highest BCUT2D eigenvalue weighted by Gasteiger charge is 2.28. The summed E-state index contributed by atoms with van der Waals surface area (Å²) in [5, 5.41) is 9.12. The minimum absolute atomic E-state index is 0.0901. The van der Waals surface area contributed by atoms with Crippen molar-refractivity contribution in [3.8, 4) is 23.0 Å². The third-order valence-electron chi connectivity index (χ3n) is 5.65. The number of carboxylic acids is 1. The number of carboxylic acid groups (broad SMARTS) is 1. The lowest BCUT2D eigenvalue weighted by Gasteiger charge is -2.16. The molecule has 6 nitrogen and oxygen atoms in total. The van der Waals surface area contributed by atoms with Crippen LogP contribution in [0.1, 0.15) is 24.8 Å². The van der Waals surface area contributed by atoms with Gasteiger partial charge in [0.25, 0.3) is 0 Å². The molecule has 3 aromatic carbocycles. The summed E-state index contributed by atoms with van der Waals surface area (Å²) in [6, 6.07) is 24.9. The third-order valence-corrected chi connectivity index (χ3v) is 5.65. The number of para-hydroxylation sites is 1. The first-order chi connectivity index (χ1) is 16.1. The highest BCUT2D eigenvalue weighted by atomic mass is 16.5. The van der Waals surface area contributed by atoms with Gasteiger partial charge in [-0.05, 0) is 66.9 Å². The number of ether oxygens (including phenoxy) is 4. The fraction of sp³-hybridized carbons (Fsp3) is 0.296. The number of methoxy groups -OCH3 is 1. The Morgan fingerprint density at radius 1 is 0.818 bits per heavy atom. The van der Waals surface area contributed by atoms with Crippen LogP contribution in [0.4, 0.5) is 0 Å². The van der Waals surface area contributed by atoms with Crippen molar-refractivity contribution in [3.63, 3.8) is 0 Å². The molecule has 1 aliphatic carbocycles. The number of rotatable bonds is 10. The summed E-state index contributed by atoms with van der Waals surface area (Å²) in [6.45, 7) is 0. The smallest absolute Gasteiger partial charge is 0.333 e. The molecule has 3 unspecified atom stereocenters. The van der Waals surface area contributed by atoms with Crippen LogP contribution >= 0.6 is 0 Å². The molecule has 0 amide bonds. The normalized spacial score (nSPS) is 18.5. The fourth-order valence-corrected chi connectivity index (χ4v) is 3.90. The summed E-state index contributed by atoms with van der Waals surface area (Å²) in [7, 11) is 1.40. The largest absolute Gasteiger partial charge is 0.490 e. The molecule has 0 aliphatic heterocycles. The van der Waals surface area contributed by atoms with Gasteiger partial charge in [-0.2, -0.15) is 0 Å². The maximum absolute atomic E-state index is 11.1. The van der Waals surface area contributed by atoms with Gasteiger partial charge < -0.3 is 24.1 Å². The van der Waals surface area contributed by atoms with E-state index < -0.39 is 12.1 Å². The number of hydrogen-bond donors (Lipinski definition) is 1. The Bertz CT molecular complexity index is 1020. The quantitative estimate of drug-likeness (QED) is 0.441. The predicted octanol–water partition coefficient (Wildman–Crippen LogP) is 5.50. The van der Waals surface area contributed by atoms with E-state index in [1.165, 1.54) is 7.11 Å². The minimum atomic E-state index is -0.965. The molecular weight excluding hydrogens is 420 g/mol. The van der Waals surface area contributed by atoms with E-state index in [-0.39, 0.29) is 12.2 Å². The first-order valence-corrected chi connectivity index (χ1v) is 11.1. The van der Waals surface area contributed by atoms with E-state index in [0.717, 1.165) is 47.8 Å². The van der Waals surface area contributed by atoms with Crippen LogP contribution in [0.5, 0.6) is 23.0 Å². The van der Waals surface area contributed by atoms with Crippen molar-refractivity contribution in [2.75, 3.05) is 7.11 Å². The van der Waals surface area contributed by atoms with Gasteiger partial charge in [0, 0.05) is 20.0 Å². The molecule has 33 heavy (non-hydrogen) atoms. The molecule has 1 N–H and O–H groups in total. The molecule has 0 saturated heterocycles. The van der Waals surface area contributed by atoms with E-state index in [4.69, 9.17) is 24.1 Å². The Balaban J connectivity index is 1.24. The Hall–Kier alpha value is -3.51. The molecule has 172 valence electrons. The highest BCUT2D eigenvalue weighted by molar-refractivity contribution is 5.72. The average Bonchev–Trinajstić information content (AvgIpc) is 3.27. The first-order valence-electron chi connectivity index (χ1n) is 11.1. The van der Waals surface area contributed by atoms with Gasteiger partial charge in [0.1, 0.15) is 35.2 Å². The molecule has 0 aromatic heterocycles. The van der Waals surface area contributed by atoms with Crippen LogP contribution in [0, 0.1) is 0 Å². The van der Waals surface area contributed by atoms with E-state index in [1.54, 1.807) is 0 Å². The number of carbonyl (C=O) groups is 1. The summed E-state index contributed by atoms with van der Waals surface area (Å²) in [4.78, 5) is 11.1. The fourth-order valence-electron chi connectivity index (χ4n) is 3.90. The summed E-state index contributed by atoms with van der Waals surface area (Å²) in [5.74, 6) is 2.20. The van der Waals surface area contributed by atoms with Gasteiger partial charge in [0.15, 0.2) is 6.10 Å². The van der Waals surface area contributed by atoms with Gasteiger partial charge in [-0.1, -0.05) is 30.3 Å². The summed E-state index contributed by atoms with van der Waals surface area (Å²) < 4.78 is 23.1. The Morgan fingerprint density at radius 2 is 1.33 bits per heavy atom. The van der Waals surface area contributed by atoms with Crippen molar-refractivity contribution < 1.29 is 28.8 Å². The first kappa shape index (κ1) is 22.7. The van der Waals surface area contributed by atoms with Crippen LogP contribution in [0.15, 0.2) is 78.9 Å². The van der Waals surface area contributed by atoms with E-state index in [0.29, 0.717) is 6.42 Å². The maximum Gasteiger partial charge on any atom is 0.333 e. The second kappa shape index (κ2) is 10.9. The Kier molecular flexibility index (Phi) is 7.47. The lowest BCUT2D eigenvalue weighted by Crippen LogP contribution is -2.24. The van der Waals surface area contributed by atoms with Crippen molar-refractivity contribution in [1.29, 1.82) is 0 Å². The summed E-state index contributed by atoms with van der Waals surface area (Å²) in [5.41, 5.74) is 0.893.